The van der Waals surface area contributed by atoms with Crippen molar-refractivity contribution < 1.29 is 0 Å². The summed E-state index contributed by atoms with van der Waals surface area (Å²) >= 11 is 3.62. The van der Waals surface area contributed by atoms with Crippen LogP contribution in [0.25, 0.3) is 0 Å². The second kappa shape index (κ2) is 6.29. The van der Waals surface area contributed by atoms with E-state index in [2.05, 4.69) is 64.7 Å². The molecule has 1 aromatic carbocycles. The van der Waals surface area contributed by atoms with Crippen LogP contribution in [0.5, 0.6) is 0 Å². The Bertz CT molecular complexity index is 500. The maximum absolute atomic E-state index is 3.62. The molecule has 3 heteroatoms. The van der Waals surface area contributed by atoms with Gasteiger partial charge in [0.05, 0.1) is 0 Å². The molecule has 2 heterocycles. The number of halogens is 1. The molecule has 0 N–H and O–H groups in total. The van der Waals surface area contributed by atoms with Crippen molar-refractivity contribution in [2.75, 3.05) is 24.5 Å². The highest BCUT2D eigenvalue weighted by Crippen LogP contribution is 2.34. The summed E-state index contributed by atoms with van der Waals surface area (Å²) in [6, 6.07) is 8.24. The van der Waals surface area contributed by atoms with E-state index < -0.39 is 0 Å². The monoisotopic (exact) mass is 350 g/mol. The van der Waals surface area contributed by atoms with Crippen LogP contribution < -0.4 is 4.90 Å². The molecule has 2 atom stereocenters. The van der Waals surface area contributed by atoms with Crippen molar-refractivity contribution in [3.05, 3.63) is 28.2 Å². The topological polar surface area (TPSA) is 6.48 Å². The van der Waals surface area contributed by atoms with Gasteiger partial charge < -0.3 is 4.90 Å². The van der Waals surface area contributed by atoms with Gasteiger partial charge >= 0.3 is 0 Å². The highest BCUT2D eigenvalue weighted by molar-refractivity contribution is 9.10. The van der Waals surface area contributed by atoms with Crippen molar-refractivity contribution in [1.82, 2.24) is 4.90 Å². The zero-order chi connectivity index (χ0) is 15.0. The summed E-state index contributed by atoms with van der Waals surface area (Å²) in [5.74, 6) is 0.694. The number of fused-ring (bicyclic) bond motifs is 1. The maximum atomic E-state index is 3.62. The van der Waals surface area contributed by atoms with Gasteiger partial charge in [-0.2, -0.15) is 0 Å². The average molecular weight is 351 g/mol. The quantitative estimate of drug-likeness (QED) is 0.800. The third-order valence-corrected chi connectivity index (χ3v) is 5.72. The SMILES string of the molecule is CCc1cc(Br)ccc1N1CC2CCCN2CC1C(C)C. The molecule has 0 bridgehead atoms. The fourth-order valence-electron chi connectivity index (χ4n) is 4.01. The summed E-state index contributed by atoms with van der Waals surface area (Å²) in [6.07, 6.45) is 3.86. The zero-order valence-electron chi connectivity index (χ0n) is 13.5. The highest BCUT2D eigenvalue weighted by Gasteiger charge is 2.37. The molecular formula is C18H27BrN2. The van der Waals surface area contributed by atoms with E-state index in [1.807, 2.05) is 0 Å². The van der Waals surface area contributed by atoms with Gasteiger partial charge in [0.25, 0.3) is 0 Å². The molecule has 0 amide bonds. The molecule has 116 valence electrons. The molecule has 0 spiro atoms. The summed E-state index contributed by atoms with van der Waals surface area (Å²) in [5.41, 5.74) is 2.94. The van der Waals surface area contributed by atoms with Crippen molar-refractivity contribution in [3.8, 4) is 0 Å². The van der Waals surface area contributed by atoms with Crippen LogP contribution in [0, 0.1) is 5.92 Å². The molecule has 0 aromatic heterocycles. The number of hydrogen-bond donors (Lipinski definition) is 0. The average Bonchev–Trinajstić information content (AvgIpc) is 2.93. The van der Waals surface area contributed by atoms with Crippen molar-refractivity contribution >= 4 is 21.6 Å². The van der Waals surface area contributed by atoms with Crippen LogP contribution in [0.15, 0.2) is 22.7 Å². The standard InChI is InChI=1S/C18H27BrN2/c1-4-14-10-15(19)7-8-17(14)21-11-16-6-5-9-20(16)12-18(21)13(2)3/h7-8,10,13,16,18H,4-6,9,11-12H2,1-3H3. The Hall–Kier alpha value is -0.540. The van der Waals surface area contributed by atoms with Gasteiger partial charge in [0, 0.05) is 35.3 Å². The van der Waals surface area contributed by atoms with Gasteiger partial charge in [-0.1, -0.05) is 36.7 Å². The lowest BCUT2D eigenvalue weighted by Gasteiger charge is -2.47. The van der Waals surface area contributed by atoms with Crippen molar-refractivity contribution in [3.63, 3.8) is 0 Å². The minimum absolute atomic E-state index is 0.644. The first-order valence-corrected chi connectivity index (χ1v) is 9.18. The minimum atomic E-state index is 0.644. The molecule has 0 radical (unpaired) electrons. The molecule has 1 aromatic rings. The molecule has 3 rings (SSSR count). The van der Waals surface area contributed by atoms with E-state index in [-0.39, 0.29) is 0 Å². The summed E-state index contributed by atoms with van der Waals surface area (Å²) in [5, 5.41) is 0. The largest absolute Gasteiger partial charge is 0.365 e. The number of nitrogens with zero attached hydrogens (tertiary/aromatic N) is 2. The van der Waals surface area contributed by atoms with Crippen molar-refractivity contribution in [1.29, 1.82) is 0 Å². The third-order valence-electron chi connectivity index (χ3n) is 5.23. The van der Waals surface area contributed by atoms with Gasteiger partial charge in [-0.15, -0.1) is 0 Å². The second-order valence-electron chi connectivity index (χ2n) is 6.88. The van der Waals surface area contributed by atoms with Gasteiger partial charge in [-0.05, 0) is 55.5 Å². The first kappa shape index (κ1) is 15.4. The maximum Gasteiger partial charge on any atom is 0.0440 e. The number of benzene rings is 1. The Labute approximate surface area is 137 Å². The Kier molecular flexibility index (Phi) is 4.60. The Morgan fingerprint density at radius 1 is 1.29 bits per heavy atom. The van der Waals surface area contributed by atoms with Crippen molar-refractivity contribution in [2.45, 2.75) is 52.1 Å². The van der Waals surface area contributed by atoms with Gasteiger partial charge in [0.15, 0.2) is 0 Å². The van der Waals surface area contributed by atoms with Crippen LogP contribution >= 0.6 is 15.9 Å². The van der Waals surface area contributed by atoms with E-state index in [4.69, 9.17) is 0 Å². The molecular weight excluding hydrogens is 324 g/mol. The molecule has 21 heavy (non-hydrogen) atoms. The van der Waals surface area contributed by atoms with E-state index in [9.17, 15) is 0 Å². The fraction of sp³-hybridized carbons (Fsp3) is 0.667. The Balaban J connectivity index is 1.94. The second-order valence-corrected chi connectivity index (χ2v) is 7.80. The predicted molar refractivity (Wildman–Crippen MR) is 94.1 cm³/mol. The molecule has 2 fully saturated rings. The first-order valence-electron chi connectivity index (χ1n) is 8.39. The van der Waals surface area contributed by atoms with Gasteiger partial charge in [0.2, 0.25) is 0 Å². The van der Waals surface area contributed by atoms with Gasteiger partial charge in [-0.25, -0.2) is 0 Å². The summed E-state index contributed by atoms with van der Waals surface area (Å²) in [4.78, 5) is 5.44. The smallest absolute Gasteiger partial charge is 0.0440 e. The highest BCUT2D eigenvalue weighted by atomic mass is 79.9. The normalized spacial score (nSPS) is 26.4. The van der Waals surface area contributed by atoms with Crippen LogP contribution in [0.4, 0.5) is 5.69 Å². The lowest BCUT2D eigenvalue weighted by molar-refractivity contribution is 0.176. The molecule has 2 unspecified atom stereocenters. The lowest BCUT2D eigenvalue weighted by Crippen LogP contribution is -2.58. The van der Waals surface area contributed by atoms with Crippen LogP contribution in [0.1, 0.15) is 39.2 Å². The Morgan fingerprint density at radius 2 is 2.10 bits per heavy atom. The predicted octanol–water partition coefficient (Wildman–Crippen LogP) is 4.32. The van der Waals surface area contributed by atoms with Gasteiger partial charge in [-0.3, -0.25) is 4.90 Å². The van der Waals surface area contributed by atoms with Crippen LogP contribution in [0.3, 0.4) is 0 Å². The Morgan fingerprint density at radius 3 is 2.81 bits per heavy atom. The van der Waals surface area contributed by atoms with E-state index >= 15 is 0 Å². The molecule has 2 aliphatic rings. The summed E-state index contributed by atoms with van der Waals surface area (Å²) < 4.78 is 1.20. The lowest BCUT2D eigenvalue weighted by atomic mass is 9.95. The zero-order valence-corrected chi connectivity index (χ0v) is 15.1. The fourth-order valence-corrected chi connectivity index (χ4v) is 4.42. The van der Waals surface area contributed by atoms with E-state index in [0.717, 1.165) is 12.5 Å². The number of rotatable bonds is 3. The number of aryl methyl sites for hydroxylation is 1. The molecule has 2 saturated heterocycles. The molecule has 2 aliphatic heterocycles. The van der Waals surface area contributed by atoms with Crippen LogP contribution in [-0.2, 0) is 6.42 Å². The summed E-state index contributed by atoms with van der Waals surface area (Å²) in [6.45, 7) is 10.8. The van der Waals surface area contributed by atoms with Gasteiger partial charge in [0.1, 0.15) is 0 Å². The molecule has 2 nitrogen and oxygen atoms in total. The van der Waals surface area contributed by atoms with E-state index in [0.29, 0.717) is 12.0 Å². The molecule has 0 saturated carbocycles. The van der Waals surface area contributed by atoms with E-state index in [1.165, 1.54) is 48.2 Å². The first-order chi connectivity index (χ1) is 10.1. The van der Waals surface area contributed by atoms with Crippen LogP contribution in [-0.4, -0.2) is 36.6 Å². The van der Waals surface area contributed by atoms with E-state index in [1.54, 1.807) is 0 Å². The molecule has 0 aliphatic carbocycles. The third kappa shape index (κ3) is 3.00. The summed E-state index contributed by atoms with van der Waals surface area (Å²) in [7, 11) is 0. The number of anilines is 1. The minimum Gasteiger partial charge on any atom is -0.365 e. The number of hydrogen-bond acceptors (Lipinski definition) is 2. The van der Waals surface area contributed by atoms with Crippen molar-refractivity contribution in [2.24, 2.45) is 5.92 Å². The number of piperazine rings is 1. The van der Waals surface area contributed by atoms with Crippen LogP contribution in [0.2, 0.25) is 0 Å².